The van der Waals surface area contributed by atoms with Crippen molar-refractivity contribution in [1.29, 1.82) is 0 Å². The smallest absolute Gasteiger partial charge is 0.309 e. The van der Waals surface area contributed by atoms with E-state index in [1.807, 2.05) is 0 Å². The van der Waals surface area contributed by atoms with Crippen molar-refractivity contribution in [3.8, 4) is 0 Å². The van der Waals surface area contributed by atoms with Gasteiger partial charge in [-0.05, 0) is 38.5 Å². The maximum Gasteiger partial charge on any atom is 0.309 e. The zero-order chi connectivity index (χ0) is 38.6. The Hall–Kier alpha value is -0.830. The molecule has 2 N–H and O–H groups in total. The van der Waals surface area contributed by atoms with Gasteiger partial charge in [-0.2, -0.15) is 0 Å². The average molecular weight is 747 g/mol. The van der Waals surface area contributed by atoms with Gasteiger partial charge in [0.2, 0.25) is 0 Å². The molecule has 0 aromatic rings. The molecule has 0 amide bonds. The number of unbranched alkanes of at least 4 members (excludes halogenated alkanes) is 38. The van der Waals surface area contributed by atoms with Gasteiger partial charge in [0.25, 0.3) is 0 Å². The van der Waals surface area contributed by atoms with Gasteiger partial charge < -0.3 is 10.2 Å². The summed E-state index contributed by atoms with van der Waals surface area (Å²) in [6.45, 7) is 4.56. The minimum Gasteiger partial charge on any atom is -0.481 e. The van der Waals surface area contributed by atoms with Crippen LogP contribution >= 0.6 is 0 Å². The SMILES string of the molecule is CCCCCCCCC=CCCCCCCCCCCCCCCCCCCCCCCC[C@@H](O)[C@H](CCCCCCCCCCCCCC)C(=O)O. The van der Waals surface area contributed by atoms with Gasteiger partial charge in [0.15, 0.2) is 0 Å². The fourth-order valence-electron chi connectivity index (χ4n) is 8.14. The van der Waals surface area contributed by atoms with E-state index in [-0.39, 0.29) is 0 Å². The van der Waals surface area contributed by atoms with Crippen molar-refractivity contribution < 1.29 is 15.0 Å². The predicted octanol–water partition coefficient (Wildman–Crippen LogP) is 17.4. The van der Waals surface area contributed by atoms with Crippen LogP contribution in [0.25, 0.3) is 0 Å². The van der Waals surface area contributed by atoms with Crippen LogP contribution in [0.3, 0.4) is 0 Å². The number of allylic oxidation sites excluding steroid dienone is 2. The van der Waals surface area contributed by atoms with E-state index in [2.05, 4.69) is 26.0 Å². The van der Waals surface area contributed by atoms with Crippen LogP contribution in [0.2, 0.25) is 0 Å². The largest absolute Gasteiger partial charge is 0.481 e. The van der Waals surface area contributed by atoms with Crippen LogP contribution in [-0.4, -0.2) is 22.3 Å². The molecule has 316 valence electrons. The Morgan fingerprint density at radius 3 is 0.849 bits per heavy atom. The highest BCUT2D eigenvalue weighted by Crippen LogP contribution is 2.21. The standard InChI is InChI=1S/C50H98O3/c1-3-5-7-9-11-13-15-17-18-19-20-21-22-23-24-25-26-27-28-29-30-31-32-33-34-35-37-39-41-43-45-47-49(51)48(50(52)53)46-44-42-40-38-36-16-14-12-10-8-6-4-2/h17-18,48-49,51H,3-16,19-47H2,1-2H3,(H,52,53)/t48-,49+/m0/s1. The number of carboxylic acids is 1. The van der Waals surface area contributed by atoms with Crippen LogP contribution < -0.4 is 0 Å². The molecule has 3 heteroatoms. The number of aliphatic carboxylic acids is 1. The molecule has 0 heterocycles. The molecule has 53 heavy (non-hydrogen) atoms. The fourth-order valence-corrected chi connectivity index (χ4v) is 8.14. The van der Waals surface area contributed by atoms with Crippen LogP contribution in [0, 0.1) is 5.92 Å². The summed E-state index contributed by atoms with van der Waals surface area (Å²) in [6, 6.07) is 0. The summed E-state index contributed by atoms with van der Waals surface area (Å²) in [5.74, 6) is -1.38. The number of carboxylic acid groups (broad SMARTS) is 1. The molecule has 0 aromatic carbocycles. The van der Waals surface area contributed by atoms with E-state index in [1.165, 1.54) is 238 Å². The molecule has 0 bridgehead atoms. The highest BCUT2D eigenvalue weighted by molar-refractivity contribution is 5.70. The highest BCUT2D eigenvalue weighted by Gasteiger charge is 2.25. The zero-order valence-corrected chi connectivity index (χ0v) is 36.5. The van der Waals surface area contributed by atoms with Gasteiger partial charge in [-0.25, -0.2) is 0 Å². The minimum atomic E-state index is -0.806. The highest BCUT2D eigenvalue weighted by atomic mass is 16.4. The van der Waals surface area contributed by atoms with Crippen molar-refractivity contribution >= 4 is 5.97 Å². The Morgan fingerprint density at radius 2 is 0.585 bits per heavy atom. The first-order valence-corrected chi connectivity index (χ1v) is 24.7. The molecule has 0 fully saturated rings. The molecular formula is C50H98O3. The summed E-state index contributed by atoms with van der Waals surface area (Å²) >= 11 is 0. The van der Waals surface area contributed by atoms with Gasteiger partial charge >= 0.3 is 5.97 Å². The summed E-state index contributed by atoms with van der Waals surface area (Å²) < 4.78 is 0. The molecule has 2 atom stereocenters. The Kier molecular flexibility index (Phi) is 44.8. The van der Waals surface area contributed by atoms with Gasteiger partial charge in [0.05, 0.1) is 12.0 Å². The lowest BCUT2D eigenvalue weighted by Crippen LogP contribution is -2.28. The fraction of sp³-hybridized carbons (Fsp3) is 0.940. The van der Waals surface area contributed by atoms with Crippen LogP contribution in [0.5, 0.6) is 0 Å². The monoisotopic (exact) mass is 747 g/mol. The average Bonchev–Trinajstić information content (AvgIpc) is 3.15. The van der Waals surface area contributed by atoms with Gasteiger partial charge in [-0.3, -0.25) is 4.79 Å². The summed E-state index contributed by atoms with van der Waals surface area (Å²) in [4.78, 5) is 11.8. The summed E-state index contributed by atoms with van der Waals surface area (Å²) in [5.41, 5.74) is 0. The van der Waals surface area contributed by atoms with Gasteiger partial charge in [-0.1, -0.05) is 264 Å². The van der Waals surface area contributed by atoms with E-state index in [1.54, 1.807) is 0 Å². The van der Waals surface area contributed by atoms with Crippen LogP contribution in [0.15, 0.2) is 12.2 Å². The second-order valence-electron chi connectivity index (χ2n) is 17.2. The molecule has 0 spiro atoms. The van der Waals surface area contributed by atoms with E-state index in [0.29, 0.717) is 12.8 Å². The van der Waals surface area contributed by atoms with E-state index < -0.39 is 18.0 Å². The number of hydrogen-bond acceptors (Lipinski definition) is 2. The molecule has 0 rings (SSSR count). The molecule has 3 nitrogen and oxygen atoms in total. The van der Waals surface area contributed by atoms with Crippen molar-refractivity contribution in [2.45, 2.75) is 296 Å². The lowest BCUT2D eigenvalue weighted by molar-refractivity contribution is -0.146. The maximum atomic E-state index is 11.8. The Bertz CT molecular complexity index is 717. The minimum absolute atomic E-state index is 0.579. The number of carbonyl (C=O) groups is 1. The third-order valence-corrected chi connectivity index (χ3v) is 11.9. The molecule has 0 aliphatic carbocycles. The van der Waals surface area contributed by atoms with Crippen LogP contribution in [0.1, 0.15) is 290 Å². The lowest BCUT2D eigenvalue weighted by Gasteiger charge is -2.19. The number of rotatable bonds is 46. The van der Waals surface area contributed by atoms with Crippen molar-refractivity contribution in [2.24, 2.45) is 5.92 Å². The predicted molar refractivity (Wildman–Crippen MR) is 236 cm³/mol. The van der Waals surface area contributed by atoms with Crippen molar-refractivity contribution in [2.75, 3.05) is 0 Å². The second kappa shape index (κ2) is 45.6. The Labute approximate surface area is 334 Å². The Balaban J connectivity index is 3.37. The van der Waals surface area contributed by atoms with Gasteiger partial charge in [-0.15, -0.1) is 0 Å². The van der Waals surface area contributed by atoms with E-state index in [4.69, 9.17) is 0 Å². The van der Waals surface area contributed by atoms with Crippen molar-refractivity contribution in [3.63, 3.8) is 0 Å². The second-order valence-corrected chi connectivity index (χ2v) is 17.2. The molecule has 0 aromatic heterocycles. The summed E-state index contributed by atoms with van der Waals surface area (Å²) in [7, 11) is 0. The molecule has 0 aliphatic rings. The van der Waals surface area contributed by atoms with Crippen molar-refractivity contribution in [1.82, 2.24) is 0 Å². The third kappa shape index (κ3) is 42.2. The van der Waals surface area contributed by atoms with Crippen LogP contribution in [-0.2, 0) is 4.79 Å². The normalized spacial score (nSPS) is 13.0. The summed E-state index contributed by atoms with van der Waals surface area (Å²) in [5, 5.41) is 20.3. The van der Waals surface area contributed by atoms with Crippen LogP contribution in [0.4, 0.5) is 0 Å². The molecular weight excluding hydrogens is 649 g/mol. The Morgan fingerprint density at radius 1 is 0.358 bits per heavy atom. The first-order chi connectivity index (χ1) is 26.1. The summed E-state index contributed by atoms with van der Waals surface area (Å²) in [6.07, 6.45) is 60.6. The van der Waals surface area contributed by atoms with Gasteiger partial charge in [0.1, 0.15) is 0 Å². The number of hydrogen-bond donors (Lipinski definition) is 2. The number of aliphatic hydroxyl groups excluding tert-OH is 1. The zero-order valence-electron chi connectivity index (χ0n) is 36.5. The first kappa shape index (κ1) is 52.2. The van der Waals surface area contributed by atoms with Crippen molar-refractivity contribution in [3.05, 3.63) is 12.2 Å². The lowest BCUT2D eigenvalue weighted by atomic mass is 9.91. The molecule has 0 radical (unpaired) electrons. The molecule has 0 saturated heterocycles. The third-order valence-electron chi connectivity index (χ3n) is 11.9. The molecule has 0 unspecified atom stereocenters. The van der Waals surface area contributed by atoms with E-state index in [0.717, 1.165) is 25.7 Å². The van der Waals surface area contributed by atoms with E-state index >= 15 is 0 Å². The topological polar surface area (TPSA) is 57.5 Å². The quantitative estimate of drug-likeness (QED) is 0.0482. The maximum absolute atomic E-state index is 11.8. The van der Waals surface area contributed by atoms with Gasteiger partial charge in [0, 0.05) is 0 Å². The molecule has 0 aliphatic heterocycles. The molecule has 0 saturated carbocycles. The first-order valence-electron chi connectivity index (χ1n) is 24.7. The van der Waals surface area contributed by atoms with E-state index in [9.17, 15) is 15.0 Å². The number of aliphatic hydroxyl groups is 1.